The second kappa shape index (κ2) is 12.6. The number of allylic oxidation sites excluding steroid dienone is 1. The van der Waals surface area contributed by atoms with E-state index in [0.29, 0.717) is 38.9 Å². The van der Waals surface area contributed by atoms with E-state index in [1.807, 2.05) is 6.92 Å². The number of methoxy groups -OCH3 is 1. The number of aliphatic hydroxyl groups excluding tert-OH is 3. The van der Waals surface area contributed by atoms with Gasteiger partial charge in [0.2, 0.25) is 0 Å². The van der Waals surface area contributed by atoms with Gasteiger partial charge in [-0.1, -0.05) is 6.58 Å². The Morgan fingerprint density at radius 2 is 1.88 bits per heavy atom. The molecule has 2 aliphatic rings. The lowest BCUT2D eigenvalue weighted by atomic mass is 10.0. The Labute approximate surface area is 150 Å². The minimum Gasteiger partial charge on any atom is -0.499 e. The van der Waals surface area contributed by atoms with Crippen LogP contribution in [0, 0.1) is 0 Å². The van der Waals surface area contributed by atoms with Crippen molar-refractivity contribution in [3.63, 3.8) is 0 Å². The first-order valence-electron chi connectivity index (χ1n) is 8.99. The van der Waals surface area contributed by atoms with Crippen molar-refractivity contribution >= 4 is 0 Å². The fraction of sp³-hybridized carbons (Fsp3) is 0.889. The summed E-state index contributed by atoms with van der Waals surface area (Å²) in [7, 11) is 1.60. The first-order chi connectivity index (χ1) is 11.9. The molecular weight excluding hydrogens is 328 g/mol. The number of rotatable bonds is 7. The molecule has 0 aromatic rings. The van der Waals surface area contributed by atoms with E-state index >= 15 is 0 Å². The Morgan fingerprint density at radius 3 is 2.44 bits per heavy atom. The Balaban J connectivity index is 0.000000293. The van der Waals surface area contributed by atoms with Crippen LogP contribution in [0.4, 0.5) is 0 Å². The number of hydrogen-bond donors (Lipinski definition) is 3. The first kappa shape index (κ1) is 22.3. The maximum atomic E-state index is 9.62. The molecule has 148 valence electrons. The van der Waals surface area contributed by atoms with E-state index in [2.05, 4.69) is 6.58 Å². The topological polar surface area (TPSA) is 97.6 Å². The number of hydrogen-bond acceptors (Lipinski definition) is 7. The van der Waals surface area contributed by atoms with E-state index in [1.54, 1.807) is 7.11 Å². The molecule has 2 aliphatic heterocycles. The average Bonchev–Trinajstić information content (AvgIpc) is 2.58. The molecular formula is C18H34O7. The van der Waals surface area contributed by atoms with Gasteiger partial charge < -0.3 is 34.3 Å². The summed E-state index contributed by atoms with van der Waals surface area (Å²) < 4.78 is 21.1. The highest BCUT2D eigenvalue weighted by molar-refractivity contribution is 4.75. The Bertz CT molecular complexity index is 363. The predicted molar refractivity (Wildman–Crippen MR) is 93.0 cm³/mol. The van der Waals surface area contributed by atoms with Crippen LogP contribution in [-0.2, 0) is 18.9 Å². The van der Waals surface area contributed by atoms with Gasteiger partial charge in [0.1, 0.15) is 0 Å². The van der Waals surface area contributed by atoms with Gasteiger partial charge in [0, 0.05) is 26.6 Å². The molecule has 25 heavy (non-hydrogen) atoms. The molecule has 5 atom stereocenters. The van der Waals surface area contributed by atoms with Crippen molar-refractivity contribution < 1.29 is 34.3 Å². The van der Waals surface area contributed by atoms with Gasteiger partial charge in [-0.15, -0.1) is 0 Å². The van der Waals surface area contributed by atoms with E-state index < -0.39 is 0 Å². The van der Waals surface area contributed by atoms with Gasteiger partial charge in [-0.05, 0) is 32.6 Å². The van der Waals surface area contributed by atoms with Crippen LogP contribution in [0.1, 0.15) is 45.4 Å². The molecule has 3 N–H and O–H groups in total. The Hall–Kier alpha value is -0.700. The highest BCUT2D eigenvalue weighted by Gasteiger charge is 2.27. The lowest BCUT2D eigenvalue weighted by Gasteiger charge is -2.32. The van der Waals surface area contributed by atoms with Crippen molar-refractivity contribution in [2.45, 2.75) is 76.2 Å². The molecule has 2 heterocycles. The molecule has 7 nitrogen and oxygen atoms in total. The summed E-state index contributed by atoms with van der Waals surface area (Å²) in [4.78, 5) is 0. The summed E-state index contributed by atoms with van der Waals surface area (Å²) in [6.07, 6.45) is 3.41. The van der Waals surface area contributed by atoms with Crippen molar-refractivity contribution in [2.75, 3.05) is 26.9 Å². The van der Waals surface area contributed by atoms with Crippen LogP contribution in [0.5, 0.6) is 0 Å². The smallest absolute Gasteiger partial charge is 0.160 e. The predicted octanol–water partition coefficient (Wildman–Crippen LogP) is 1.35. The van der Waals surface area contributed by atoms with E-state index in [4.69, 9.17) is 29.2 Å². The second-order valence-electron chi connectivity index (χ2n) is 6.59. The molecule has 0 amide bonds. The summed E-state index contributed by atoms with van der Waals surface area (Å²) in [5.74, 6) is 0.736. The molecule has 0 radical (unpaired) electrons. The lowest BCUT2D eigenvalue weighted by Crippen LogP contribution is -2.36. The third kappa shape index (κ3) is 10.1. The lowest BCUT2D eigenvalue weighted by molar-refractivity contribution is -0.205. The second-order valence-corrected chi connectivity index (χ2v) is 6.59. The molecule has 0 aromatic carbocycles. The van der Waals surface area contributed by atoms with Crippen LogP contribution in [0.3, 0.4) is 0 Å². The van der Waals surface area contributed by atoms with Crippen molar-refractivity contribution in [1.82, 2.24) is 0 Å². The maximum Gasteiger partial charge on any atom is 0.160 e. The Morgan fingerprint density at radius 1 is 1.16 bits per heavy atom. The molecule has 4 unspecified atom stereocenters. The van der Waals surface area contributed by atoms with Gasteiger partial charge in [0.15, 0.2) is 6.29 Å². The van der Waals surface area contributed by atoms with Crippen molar-refractivity contribution in [3.05, 3.63) is 12.3 Å². The minimum atomic E-state index is -0.314. The molecule has 2 saturated heterocycles. The summed E-state index contributed by atoms with van der Waals surface area (Å²) in [5.41, 5.74) is 0. The van der Waals surface area contributed by atoms with E-state index in [0.717, 1.165) is 18.6 Å². The fourth-order valence-corrected chi connectivity index (χ4v) is 2.83. The molecule has 0 aliphatic carbocycles. The molecule has 2 fully saturated rings. The van der Waals surface area contributed by atoms with E-state index in [1.165, 1.54) is 0 Å². The quantitative estimate of drug-likeness (QED) is 0.464. The molecule has 0 spiro atoms. The SMILES string of the molecule is C=C(C)OCCCC1CC(O)C[C@@H](OC)O1.OCC1CC(O)CCO1. The van der Waals surface area contributed by atoms with Crippen molar-refractivity contribution in [1.29, 1.82) is 0 Å². The monoisotopic (exact) mass is 362 g/mol. The molecule has 0 bridgehead atoms. The first-order valence-corrected chi connectivity index (χ1v) is 8.99. The van der Waals surface area contributed by atoms with Crippen molar-refractivity contribution in [2.24, 2.45) is 0 Å². The van der Waals surface area contributed by atoms with Gasteiger partial charge in [-0.25, -0.2) is 0 Å². The van der Waals surface area contributed by atoms with Crippen molar-refractivity contribution in [3.8, 4) is 0 Å². The highest BCUT2D eigenvalue weighted by Crippen LogP contribution is 2.23. The van der Waals surface area contributed by atoms with Gasteiger partial charge in [-0.3, -0.25) is 0 Å². The van der Waals surface area contributed by atoms with Crippen LogP contribution in [0.2, 0.25) is 0 Å². The standard InChI is InChI=1S/C12H22O4.C6H12O3/c1-9(2)15-6-4-5-11-7-10(13)8-12(14-3)16-11;7-4-6-3-5(8)1-2-9-6/h10-13H,1,4-8H2,2-3H3;5-8H,1-4H2/t10?,11?,12-;/m0./s1. The number of ether oxygens (including phenoxy) is 4. The highest BCUT2D eigenvalue weighted by atomic mass is 16.7. The van der Waals surface area contributed by atoms with Gasteiger partial charge in [0.25, 0.3) is 0 Å². The maximum absolute atomic E-state index is 9.62. The zero-order valence-electron chi connectivity index (χ0n) is 15.4. The zero-order chi connectivity index (χ0) is 18.7. The summed E-state index contributed by atoms with van der Waals surface area (Å²) in [6.45, 7) is 6.75. The molecule has 0 saturated carbocycles. The molecule has 2 rings (SSSR count). The van der Waals surface area contributed by atoms with Crippen LogP contribution in [0.25, 0.3) is 0 Å². The molecule has 0 aromatic heterocycles. The van der Waals surface area contributed by atoms with Crippen LogP contribution < -0.4 is 0 Å². The average molecular weight is 362 g/mol. The normalized spacial score (nSPS) is 32.4. The Kier molecular flexibility index (Phi) is 11.3. The van der Waals surface area contributed by atoms with E-state index in [9.17, 15) is 5.11 Å². The van der Waals surface area contributed by atoms with Gasteiger partial charge >= 0.3 is 0 Å². The zero-order valence-corrected chi connectivity index (χ0v) is 15.4. The third-order valence-corrected chi connectivity index (χ3v) is 4.17. The van der Waals surface area contributed by atoms with Crippen LogP contribution in [-0.4, -0.2) is 73.0 Å². The number of aliphatic hydroxyl groups is 3. The van der Waals surface area contributed by atoms with E-state index in [-0.39, 0.29) is 37.3 Å². The fourth-order valence-electron chi connectivity index (χ4n) is 2.83. The summed E-state index contributed by atoms with van der Waals surface area (Å²) >= 11 is 0. The summed E-state index contributed by atoms with van der Waals surface area (Å²) in [5, 5.41) is 27.2. The third-order valence-electron chi connectivity index (χ3n) is 4.17. The molecule has 7 heteroatoms. The van der Waals surface area contributed by atoms with Gasteiger partial charge in [-0.2, -0.15) is 0 Å². The van der Waals surface area contributed by atoms with Crippen LogP contribution in [0.15, 0.2) is 12.3 Å². The largest absolute Gasteiger partial charge is 0.499 e. The van der Waals surface area contributed by atoms with Crippen LogP contribution >= 0.6 is 0 Å². The van der Waals surface area contributed by atoms with Gasteiger partial charge in [0.05, 0.1) is 43.4 Å². The minimum absolute atomic E-state index is 0.0249. The summed E-state index contributed by atoms with van der Waals surface area (Å²) in [6, 6.07) is 0.